The number of alkyl halides is 2. The number of hydrogen-bond acceptors (Lipinski definition) is 3. The second-order valence-electron chi connectivity index (χ2n) is 3.11. The molecule has 0 aliphatic heterocycles. The Balaban J connectivity index is 2.52. The van der Waals surface area contributed by atoms with Gasteiger partial charge in [-0.15, -0.1) is 0 Å². The lowest BCUT2D eigenvalue weighted by molar-refractivity contribution is 0.146. The number of aryl methyl sites for hydroxylation is 1. The Kier molecular flexibility index (Phi) is 2.14. The monoisotopic (exact) mass is 213 g/mol. The summed E-state index contributed by atoms with van der Waals surface area (Å²) >= 11 is 0. The van der Waals surface area contributed by atoms with E-state index in [9.17, 15) is 8.78 Å². The predicted octanol–water partition coefficient (Wildman–Crippen LogP) is 1.33. The number of anilines is 1. The van der Waals surface area contributed by atoms with Crippen LogP contribution in [0, 0.1) is 0 Å². The number of nitrogens with zero attached hydrogens (tertiary/aromatic N) is 3. The number of halogens is 2. The first kappa shape index (κ1) is 9.63. The predicted molar refractivity (Wildman–Crippen MR) is 50.2 cm³/mol. The summed E-state index contributed by atoms with van der Waals surface area (Å²) in [5.74, 6) is 0.258. The zero-order chi connectivity index (χ0) is 11.0. The summed E-state index contributed by atoms with van der Waals surface area (Å²) in [6.07, 6.45) is -1.13. The van der Waals surface area contributed by atoms with E-state index in [-0.39, 0.29) is 11.5 Å². The number of hydrogen-bond donors (Lipinski definition) is 2. The minimum absolute atomic E-state index is 0.258. The molecule has 2 heterocycles. The highest BCUT2D eigenvalue weighted by molar-refractivity contribution is 5.64. The van der Waals surface area contributed by atoms with Gasteiger partial charge in [0.15, 0.2) is 0 Å². The van der Waals surface area contributed by atoms with Crippen molar-refractivity contribution in [1.29, 1.82) is 0 Å². The average Bonchev–Trinajstić information content (AvgIpc) is 2.71. The topological polar surface area (TPSA) is 72.5 Å². The summed E-state index contributed by atoms with van der Waals surface area (Å²) in [5.41, 5.74) is 5.87. The van der Waals surface area contributed by atoms with Gasteiger partial charge in [-0.05, 0) is 0 Å². The van der Waals surface area contributed by atoms with Crippen LogP contribution in [0.3, 0.4) is 0 Å². The molecule has 2 rings (SSSR count). The molecule has 0 aliphatic carbocycles. The Morgan fingerprint density at radius 1 is 1.53 bits per heavy atom. The average molecular weight is 213 g/mol. The number of aromatic amines is 1. The quantitative estimate of drug-likeness (QED) is 0.790. The molecule has 0 aromatic carbocycles. The maximum atomic E-state index is 12.6. The van der Waals surface area contributed by atoms with Gasteiger partial charge in [-0.2, -0.15) is 10.2 Å². The summed E-state index contributed by atoms with van der Waals surface area (Å²) in [5, 5.41) is 9.92. The Bertz CT molecular complexity index is 473. The Morgan fingerprint density at radius 3 is 2.80 bits per heavy atom. The van der Waals surface area contributed by atoms with Crippen molar-refractivity contribution in [2.24, 2.45) is 7.05 Å². The van der Waals surface area contributed by atoms with Gasteiger partial charge in [-0.1, -0.05) is 0 Å². The molecule has 3 N–H and O–H groups in total. The molecule has 0 fully saturated rings. The van der Waals surface area contributed by atoms with Crippen LogP contribution in [0.4, 0.5) is 14.6 Å². The van der Waals surface area contributed by atoms with E-state index < -0.39 is 6.43 Å². The lowest BCUT2D eigenvalue weighted by Crippen LogP contribution is -1.91. The summed E-state index contributed by atoms with van der Waals surface area (Å²) in [6, 6.07) is 1.49. The highest BCUT2D eigenvalue weighted by Gasteiger charge is 2.19. The lowest BCUT2D eigenvalue weighted by Gasteiger charge is -1.96. The van der Waals surface area contributed by atoms with Crippen molar-refractivity contribution >= 4 is 5.82 Å². The van der Waals surface area contributed by atoms with Gasteiger partial charge in [0.25, 0.3) is 6.43 Å². The molecule has 15 heavy (non-hydrogen) atoms. The Hall–Kier alpha value is -1.92. The maximum absolute atomic E-state index is 12.6. The number of nitrogens with one attached hydrogen (secondary N) is 1. The lowest BCUT2D eigenvalue weighted by atomic mass is 10.2. The van der Waals surface area contributed by atoms with Gasteiger partial charge >= 0.3 is 0 Å². The number of aromatic nitrogens is 4. The first-order valence-corrected chi connectivity index (χ1v) is 4.21. The van der Waals surface area contributed by atoms with Crippen LogP contribution in [0.25, 0.3) is 11.3 Å². The molecule has 2 aromatic heterocycles. The first-order chi connectivity index (χ1) is 7.08. The van der Waals surface area contributed by atoms with Gasteiger partial charge < -0.3 is 5.73 Å². The zero-order valence-electron chi connectivity index (χ0n) is 7.91. The van der Waals surface area contributed by atoms with Crippen LogP contribution in [0.2, 0.25) is 0 Å². The third-order valence-electron chi connectivity index (χ3n) is 1.95. The summed E-state index contributed by atoms with van der Waals surface area (Å²) < 4.78 is 26.5. The van der Waals surface area contributed by atoms with E-state index in [1.54, 1.807) is 7.05 Å². The molecule has 0 amide bonds. The van der Waals surface area contributed by atoms with Crippen molar-refractivity contribution in [3.05, 3.63) is 18.0 Å². The normalized spacial score (nSPS) is 11.2. The number of nitrogens with two attached hydrogens (primary N) is 1. The van der Waals surface area contributed by atoms with Crippen molar-refractivity contribution in [1.82, 2.24) is 20.0 Å². The molecule has 0 radical (unpaired) electrons. The van der Waals surface area contributed by atoms with Crippen molar-refractivity contribution in [3.8, 4) is 11.3 Å². The molecular formula is C8H9F2N5. The molecule has 0 saturated heterocycles. The smallest absolute Gasteiger partial charge is 0.282 e. The zero-order valence-corrected chi connectivity index (χ0v) is 7.91. The van der Waals surface area contributed by atoms with E-state index in [2.05, 4.69) is 15.3 Å². The van der Waals surface area contributed by atoms with Gasteiger partial charge in [0.05, 0.1) is 5.69 Å². The molecule has 0 bridgehead atoms. The van der Waals surface area contributed by atoms with Crippen LogP contribution in [-0.2, 0) is 7.05 Å². The minimum Gasteiger partial charge on any atom is -0.382 e. The molecule has 0 atom stereocenters. The molecule has 0 spiro atoms. The molecular weight excluding hydrogens is 204 g/mol. The van der Waals surface area contributed by atoms with Crippen molar-refractivity contribution < 1.29 is 8.78 Å². The second kappa shape index (κ2) is 3.34. The molecule has 0 unspecified atom stereocenters. The van der Waals surface area contributed by atoms with Gasteiger partial charge in [-0.25, -0.2) is 8.78 Å². The standard InChI is InChI=1S/C8H9F2N5/c1-15-3-4(7(14-15)8(9)10)5-2-6(11)13-12-5/h2-3,8H,1H3,(H3,11,12,13). The summed E-state index contributed by atoms with van der Waals surface area (Å²) in [4.78, 5) is 0. The SMILES string of the molecule is Cn1cc(-c2cc(N)n[nH]2)c(C(F)F)n1. The third-order valence-corrected chi connectivity index (χ3v) is 1.95. The fraction of sp³-hybridized carbons (Fsp3) is 0.250. The number of nitrogen functional groups attached to an aromatic ring is 1. The van der Waals surface area contributed by atoms with Crippen molar-refractivity contribution in [2.75, 3.05) is 5.73 Å². The summed E-state index contributed by atoms with van der Waals surface area (Å²) in [7, 11) is 1.58. The van der Waals surface area contributed by atoms with Gasteiger partial charge in [0.2, 0.25) is 0 Å². The van der Waals surface area contributed by atoms with E-state index in [1.165, 1.54) is 16.9 Å². The van der Waals surface area contributed by atoms with Crippen LogP contribution in [-0.4, -0.2) is 20.0 Å². The first-order valence-electron chi connectivity index (χ1n) is 4.21. The van der Waals surface area contributed by atoms with Gasteiger partial charge in [0, 0.05) is 24.9 Å². The molecule has 0 aliphatic rings. The molecule has 0 saturated carbocycles. The van der Waals surface area contributed by atoms with E-state index in [4.69, 9.17) is 5.73 Å². The number of H-pyrrole nitrogens is 1. The minimum atomic E-state index is -2.62. The van der Waals surface area contributed by atoms with Crippen LogP contribution in [0.5, 0.6) is 0 Å². The highest BCUT2D eigenvalue weighted by Crippen LogP contribution is 2.29. The highest BCUT2D eigenvalue weighted by atomic mass is 19.3. The van der Waals surface area contributed by atoms with E-state index in [0.29, 0.717) is 11.3 Å². The van der Waals surface area contributed by atoms with E-state index in [0.717, 1.165) is 0 Å². The molecule has 80 valence electrons. The van der Waals surface area contributed by atoms with Crippen molar-refractivity contribution in [3.63, 3.8) is 0 Å². The fourth-order valence-corrected chi connectivity index (χ4v) is 1.35. The third kappa shape index (κ3) is 1.67. The van der Waals surface area contributed by atoms with Gasteiger partial charge in [0.1, 0.15) is 11.5 Å². The fourth-order valence-electron chi connectivity index (χ4n) is 1.35. The van der Waals surface area contributed by atoms with E-state index >= 15 is 0 Å². The number of rotatable bonds is 2. The summed E-state index contributed by atoms with van der Waals surface area (Å²) in [6.45, 7) is 0. The van der Waals surface area contributed by atoms with Crippen LogP contribution in [0.15, 0.2) is 12.3 Å². The maximum Gasteiger partial charge on any atom is 0.282 e. The molecule has 2 aromatic rings. The van der Waals surface area contributed by atoms with Gasteiger partial charge in [-0.3, -0.25) is 9.78 Å². The Labute approximate surface area is 83.9 Å². The molecule has 7 heteroatoms. The van der Waals surface area contributed by atoms with Crippen LogP contribution < -0.4 is 5.73 Å². The van der Waals surface area contributed by atoms with Crippen LogP contribution in [0.1, 0.15) is 12.1 Å². The second-order valence-corrected chi connectivity index (χ2v) is 3.11. The largest absolute Gasteiger partial charge is 0.382 e. The molecule has 5 nitrogen and oxygen atoms in total. The van der Waals surface area contributed by atoms with E-state index in [1.807, 2.05) is 0 Å². The van der Waals surface area contributed by atoms with Crippen LogP contribution >= 0.6 is 0 Å². The Morgan fingerprint density at radius 2 is 2.27 bits per heavy atom. The van der Waals surface area contributed by atoms with Crippen molar-refractivity contribution in [2.45, 2.75) is 6.43 Å².